The van der Waals surface area contributed by atoms with Gasteiger partial charge in [-0.2, -0.15) is 12.6 Å². The van der Waals surface area contributed by atoms with Crippen LogP contribution in [0.2, 0.25) is 0 Å². The predicted octanol–water partition coefficient (Wildman–Crippen LogP) is -3.34. The maximum atomic E-state index is 12.3. The fraction of sp³-hybridized carbons (Fsp3) is 0.643. The molecular formula is C14H24N4O8S. The number of hydrogen-bond donors (Lipinski definition) is 8. The second-order valence-electron chi connectivity index (χ2n) is 5.74. The molecule has 3 amide bonds. The molecule has 8 N–H and O–H groups in total. The molecular weight excluding hydrogens is 384 g/mol. The van der Waals surface area contributed by atoms with Crippen LogP contribution in [0.4, 0.5) is 0 Å². The lowest BCUT2D eigenvalue weighted by molar-refractivity contribution is -0.143. The van der Waals surface area contributed by atoms with Crippen LogP contribution in [0, 0.1) is 0 Å². The minimum absolute atomic E-state index is 0.0565. The highest BCUT2D eigenvalue weighted by atomic mass is 32.1. The van der Waals surface area contributed by atoms with E-state index in [2.05, 4.69) is 28.6 Å². The lowest BCUT2D eigenvalue weighted by Crippen LogP contribution is -2.60. The highest BCUT2D eigenvalue weighted by Crippen LogP contribution is 2.00. The Morgan fingerprint density at radius 3 is 1.93 bits per heavy atom. The summed E-state index contributed by atoms with van der Waals surface area (Å²) in [4.78, 5) is 57.9. The van der Waals surface area contributed by atoms with Crippen LogP contribution in [0.5, 0.6) is 0 Å². The number of carbonyl (C=O) groups excluding carboxylic acids is 3. The first-order valence-electron chi connectivity index (χ1n) is 7.80. The minimum atomic E-state index is -1.58. The van der Waals surface area contributed by atoms with Crippen LogP contribution in [0.1, 0.15) is 20.3 Å². The highest BCUT2D eigenvalue weighted by Gasteiger charge is 2.32. The standard InChI is InChI=1S/C14H24N4O8S/c1-5(14(25)26)16-13(24)10(6(2)19)18-12(23)8(3-9(20)21)17-11(22)7(15)4-27/h5-8,10,19,27H,3-4,15H2,1-2H3,(H,16,24)(H,17,22)(H,18,23)(H,20,21)(H,25,26). The Morgan fingerprint density at radius 1 is 0.963 bits per heavy atom. The summed E-state index contributed by atoms with van der Waals surface area (Å²) >= 11 is 3.82. The monoisotopic (exact) mass is 408 g/mol. The molecule has 0 heterocycles. The average Bonchev–Trinajstić information content (AvgIpc) is 2.56. The summed E-state index contributed by atoms with van der Waals surface area (Å²) in [5.41, 5.74) is 5.45. The van der Waals surface area contributed by atoms with Crippen molar-refractivity contribution in [1.29, 1.82) is 0 Å². The maximum absolute atomic E-state index is 12.3. The van der Waals surface area contributed by atoms with Crippen LogP contribution in [-0.2, 0) is 24.0 Å². The van der Waals surface area contributed by atoms with Gasteiger partial charge in [0.1, 0.15) is 18.1 Å². The number of amides is 3. The molecule has 0 saturated carbocycles. The molecule has 0 aromatic rings. The molecule has 0 spiro atoms. The number of aliphatic carboxylic acids is 2. The Balaban J connectivity index is 5.26. The van der Waals surface area contributed by atoms with E-state index in [9.17, 15) is 29.1 Å². The van der Waals surface area contributed by atoms with Gasteiger partial charge in [0.25, 0.3) is 0 Å². The fourth-order valence-electron chi connectivity index (χ4n) is 1.77. The van der Waals surface area contributed by atoms with E-state index in [1.807, 2.05) is 0 Å². The van der Waals surface area contributed by atoms with Crippen LogP contribution in [0.25, 0.3) is 0 Å². The first-order chi connectivity index (χ1) is 12.4. The van der Waals surface area contributed by atoms with Crippen LogP contribution in [0.3, 0.4) is 0 Å². The molecule has 5 atom stereocenters. The maximum Gasteiger partial charge on any atom is 0.325 e. The molecule has 5 unspecified atom stereocenters. The van der Waals surface area contributed by atoms with Crippen molar-refractivity contribution < 1.29 is 39.3 Å². The van der Waals surface area contributed by atoms with E-state index in [1.54, 1.807) is 0 Å². The lowest BCUT2D eigenvalue weighted by Gasteiger charge is -2.25. The SMILES string of the molecule is CC(NC(=O)C(NC(=O)C(CC(=O)O)NC(=O)C(N)CS)C(C)O)C(=O)O. The molecule has 0 aromatic heterocycles. The molecule has 0 rings (SSSR count). The normalized spacial score (nSPS) is 16.2. The number of rotatable bonds is 11. The van der Waals surface area contributed by atoms with Gasteiger partial charge < -0.3 is 37.0 Å². The molecule has 0 radical (unpaired) electrons. The number of carboxylic acid groups (broad SMARTS) is 2. The third kappa shape index (κ3) is 8.70. The van der Waals surface area contributed by atoms with E-state index >= 15 is 0 Å². The number of carboxylic acids is 2. The zero-order valence-corrected chi connectivity index (χ0v) is 15.6. The van der Waals surface area contributed by atoms with Gasteiger partial charge in [0.2, 0.25) is 17.7 Å². The third-order valence-corrected chi connectivity index (χ3v) is 3.73. The summed E-state index contributed by atoms with van der Waals surface area (Å²) < 4.78 is 0. The first kappa shape index (κ1) is 24.6. The van der Waals surface area contributed by atoms with E-state index < -0.39 is 66.4 Å². The van der Waals surface area contributed by atoms with Crippen molar-refractivity contribution in [2.24, 2.45) is 5.73 Å². The zero-order chi connectivity index (χ0) is 21.3. The molecule has 0 bridgehead atoms. The van der Waals surface area contributed by atoms with Gasteiger partial charge in [-0.1, -0.05) is 0 Å². The van der Waals surface area contributed by atoms with E-state index in [0.29, 0.717) is 0 Å². The largest absolute Gasteiger partial charge is 0.481 e. The number of aliphatic hydroxyl groups is 1. The van der Waals surface area contributed by atoms with Gasteiger partial charge in [-0.3, -0.25) is 24.0 Å². The second-order valence-corrected chi connectivity index (χ2v) is 6.11. The fourth-order valence-corrected chi connectivity index (χ4v) is 1.94. The number of aliphatic hydroxyl groups excluding tert-OH is 1. The van der Waals surface area contributed by atoms with Crippen LogP contribution < -0.4 is 21.7 Å². The molecule has 13 heteroatoms. The van der Waals surface area contributed by atoms with Gasteiger partial charge in [0, 0.05) is 5.75 Å². The van der Waals surface area contributed by atoms with Crippen molar-refractivity contribution in [3.63, 3.8) is 0 Å². The minimum Gasteiger partial charge on any atom is -0.481 e. The molecule has 0 aromatic carbocycles. The lowest BCUT2D eigenvalue weighted by atomic mass is 10.1. The zero-order valence-electron chi connectivity index (χ0n) is 14.7. The van der Waals surface area contributed by atoms with Gasteiger partial charge in [0.05, 0.1) is 18.6 Å². The van der Waals surface area contributed by atoms with Crippen molar-refractivity contribution in [1.82, 2.24) is 16.0 Å². The molecule has 0 aliphatic heterocycles. The summed E-state index contributed by atoms with van der Waals surface area (Å²) in [6.45, 7) is 2.34. The van der Waals surface area contributed by atoms with Crippen LogP contribution >= 0.6 is 12.6 Å². The Kier molecular flexibility index (Phi) is 10.4. The molecule has 27 heavy (non-hydrogen) atoms. The van der Waals surface area contributed by atoms with E-state index in [4.69, 9.17) is 15.9 Å². The van der Waals surface area contributed by atoms with Crippen molar-refractivity contribution in [3.05, 3.63) is 0 Å². The molecule has 0 fully saturated rings. The summed E-state index contributed by atoms with van der Waals surface area (Å²) in [6, 6.07) is -5.54. The Labute approximate surface area is 160 Å². The van der Waals surface area contributed by atoms with E-state index in [-0.39, 0.29) is 5.75 Å². The molecule has 12 nitrogen and oxygen atoms in total. The topological polar surface area (TPSA) is 208 Å². The molecule has 0 saturated heterocycles. The Hall–Kier alpha value is -2.38. The quantitative estimate of drug-likeness (QED) is 0.160. The van der Waals surface area contributed by atoms with Crippen molar-refractivity contribution in [3.8, 4) is 0 Å². The van der Waals surface area contributed by atoms with Gasteiger partial charge in [-0.25, -0.2) is 0 Å². The van der Waals surface area contributed by atoms with Crippen molar-refractivity contribution in [2.75, 3.05) is 5.75 Å². The smallest absolute Gasteiger partial charge is 0.325 e. The van der Waals surface area contributed by atoms with Crippen LogP contribution in [0.15, 0.2) is 0 Å². The van der Waals surface area contributed by atoms with Gasteiger partial charge >= 0.3 is 11.9 Å². The molecule has 0 aliphatic rings. The Bertz CT molecular complexity index is 585. The van der Waals surface area contributed by atoms with E-state index in [1.165, 1.54) is 6.92 Å². The van der Waals surface area contributed by atoms with Gasteiger partial charge in [-0.15, -0.1) is 0 Å². The van der Waals surface area contributed by atoms with E-state index in [0.717, 1.165) is 6.92 Å². The van der Waals surface area contributed by atoms with Crippen molar-refractivity contribution >= 4 is 42.3 Å². The first-order valence-corrected chi connectivity index (χ1v) is 8.44. The highest BCUT2D eigenvalue weighted by molar-refractivity contribution is 7.80. The van der Waals surface area contributed by atoms with Gasteiger partial charge in [-0.05, 0) is 13.8 Å². The summed E-state index contributed by atoms with van der Waals surface area (Å²) in [5, 5.41) is 33.7. The molecule has 154 valence electrons. The second kappa shape index (κ2) is 11.4. The summed E-state index contributed by atoms with van der Waals surface area (Å²) in [7, 11) is 0. The number of thiol groups is 1. The number of hydrogen-bond acceptors (Lipinski definition) is 8. The summed E-state index contributed by atoms with van der Waals surface area (Å²) in [5.74, 6) is -5.70. The van der Waals surface area contributed by atoms with Crippen LogP contribution in [-0.4, -0.2) is 81.0 Å². The number of nitrogens with two attached hydrogens (primary N) is 1. The number of nitrogens with one attached hydrogen (secondary N) is 3. The van der Waals surface area contributed by atoms with Gasteiger partial charge in [0.15, 0.2) is 0 Å². The molecule has 0 aliphatic carbocycles. The number of carbonyl (C=O) groups is 5. The van der Waals surface area contributed by atoms with Crippen molar-refractivity contribution in [2.45, 2.75) is 50.5 Å². The predicted molar refractivity (Wildman–Crippen MR) is 94.9 cm³/mol. The summed E-state index contributed by atoms with van der Waals surface area (Å²) in [6.07, 6.45) is -2.24. The third-order valence-electron chi connectivity index (χ3n) is 3.34. The average molecular weight is 408 g/mol. The Morgan fingerprint density at radius 2 is 1.52 bits per heavy atom.